The van der Waals surface area contributed by atoms with Crippen molar-refractivity contribution in [2.24, 2.45) is 0 Å². The molecular weight excluding hydrogens is 250 g/mol. The third-order valence-electron chi connectivity index (χ3n) is 3.32. The van der Waals surface area contributed by atoms with Crippen LogP contribution in [-0.2, 0) is 0 Å². The molecule has 2 aromatic carbocycles. The zero-order chi connectivity index (χ0) is 13.8. The number of fused-ring (bicyclic) bond motifs is 3. The van der Waals surface area contributed by atoms with E-state index in [2.05, 4.69) is 24.4 Å². The number of furan rings is 1. The molecule has 0 aliphatic carbocycles. The van der Waals surface area contributed by atoms with Gasteiger partial charge in [0.1, 0.15) is 23.5 Å². The second-order valence-electron chi connectivity index (χ2n) is 4.85. The van der Waals surface area contributed by atoms with Gasteiger partial charge in [-0.1, -0.05) is 25.1 Å². The Morgan fingerprint density at radius 1 is 1.00 bits per heavy atom. The van der Waals surface area contributed by atoms with Crippen molar-refractivity contribution >= 4 is 21.9 Å². The van der Waals surface area contributed by atoms with E-state index in [1.165, 1.54) is 0 Å². The highest BCUT2D eigenvalue weighted by molar-refractivity contribution is 6.05. The lowest BCUT2D eigenvalue weighted by atomic mass is 10.1. The number of benzene rings is 2. The summed E-state index contributed by atoms with van der Waals surface area (Å²) in [6.45, 7) is 4.75. The standard InChI is InChI=1S/C17H19NO2/c1-2-9-18-10-11-19-13-7-8-17-15(12-13)14-5-3-4-6-16(14)20-17/h3-8,12,18H,2,9-11H2,1H3. The molecule has 0 amide bonds. The largest absolute Gasteiger partial charge is 0.492 e. The third kappa shape index (κ3) is 2.63. The molecule has 0 bridgehead atoms. The van der Waals surface area contributed by atoms with E-state index in [0.29, 0.717) is 6.61 Å². The number of rotatable bonds is 6. The molecule has 0 radical (unpaired) electrons. The minimum absolute atomic E-state index is 0.682. The van der Waals surface area contributed by atoms with Crippen LogP contribution >= 0.6 is 0 Å². The zero-order valence-corrected chi connectivity index (χ0v) is 11.7. The summed E-state index contributed by atoms with van der Waals surface area (Å²) in [6.07, 6.45) is 1.15. The summed E-state index contributed by atoms with van der Waals surface area (Å²) in [5.41, 5.74) is 1.83. The minimum atomic E-state index is 0.682. The summed E-state index contributed by atoms with van der Waals surface area (Å²) in [5.74, 6) is 0.891. The predicted molar refractivity (Wildman–Crippen MR) is 82.4 cm³/mol. The van der Waals surface area contributed by atoms with Gasteiger partial charge in [-0.2, -0.15) is 0 Å². The number of hydrogen-bond donors (Lipinski definition) is 1. The Morgan fingerprint density at radius 2 is 1.85 bits per heavy atom. The first-order valence-corrected chi connectivity index (χ1v) is 7.13. The van der Waals surface area contributed by atoms with E-state index in [1.807, 2.05) is 30.3 Å². The van der Waals surface area contributed by atoms with Crippen LogP contribution in [0.1, 0.15) is 13.3 Å². The molecule has 0 fully saturated rings. The first-order valence-electron chi connectivity index (χ1n) is 7.13. The highest BCUT2D eigenvalue weighted by Crippen LogP contribution is 2.31. The SMILES string of the molecule is CCCNCCOc1ccc2oc3ccccc3c2c1. The zero-order valence-electron chi connectivity index (χ0n) is 11.7. The summed E-state index contributed by atoms with van der Waals surface area (Å²) in [5, 5.41) is 5.57. The van der Waals surface area contributed by atoms with Crippen LogP contribution in [0.3, 0.4) is 0 Å². The molecule has 104 valence electrons. The fraction of sp³-hybridized carbons (Fsp3) is 0.294. The molecule has 0 aliphatic rings. The van der Waals surface area contributed by atoms with Crippen molar-refractivity contribution in [3.05, 3.63) is 42.5 Å². The van der Waals surface area contributed by atoms with Gasteiger partial charge in [0, 0.05) is 17.3 Å². The summed E-state index contributed by atoms with van der Waals surface area (Å²) < 4.78 is 11.6. The molecule has 0 saturated carbocycles. The van der Waals surface area contributed by atoms with Crippen LogP contribution in [0.5, 0.6) is 5.75 Å². The summed E-state index contributed by atoms with van der Waals surface area (Å²) in [7, 11) is 0. The number of hydrogen-bond acceptors (Lipinski definition) is 3. The molecule has 20 heavy (non-hydrogen) atoms. The molecule has 1 aromatic heterocycles. The fourth-order valence-electron chi connectivity index (χ4n) is 2.34. The van der Waals surface area contributed by atoms with Gasteiger partial charge in [-0.05, 0) is 37.2 Å². The first kappa shape index (κ1) is 13.0. The molecule has 0 spiro atoms. The highest BCUT2D eigenvalue weighted by Gasteiger charge is 2.07. The van der Waals surface area contributed by atoms with Crippen LogP contribution < -0.4 is 10.1 Å². The van der Waals surface area contributed by atoms with E-state index in [9.17, 15) is 0 Å². The van der Waals surface area contributed by atoms with E-state index in [1.54, 1.807) is 0 Å². The van der Waals surface area contributed by atoms with Gasteiger partial charge in [-0.15, -0.1) is 0 Å². The average molecular weight is 269 g/mol. The van der Waals surface area contributed by atoms with Crippen molar-refractivity contribution in [3.8, 4) is 5.75 Å². The van der Waals surface area contributed by atoms with Gasteiger partial charge in [-0.3, -0.25) is 0 Å². The second-order valence-corrected chi connectivity index (χ2v) is 4.85. The van der Waals surface area contributed by atoms with Gasteiger partial charge in [0.25, 0.3) is 0 Å². The lowest BCUT2D eigenvalue weighted by molar-refractivity contribution is 0.314. The highest BCUT2D eigenvalue weighted by atomic mass is 16.5. The maximum absolute atomic E-state index is 5.80. The van der Waals surface area contributed by atoms with Gasteiger partial charge in [0.2, 0.25) is 0 Å². The quantitative estimate of drug-likeness (QED) is 0.688. The van der Waals surface area contributed by atoms with Crippen molar-refractivity contribution < 1.29 is 9.15 Å². The molecule has 0 saturated heterocycles. The topological polar surface area (TPSA) is 34.4 Å². The van der Waals surface area contributed by atoms with Crippen LogP contribution in [0.15, 0.2) is 46.9 Å². The lowest BCUT2D eigenvalue weighted by Crippen LogP contribution is -2.21. The van der Waals surface area contributed by atoms with Gasteiger partial charge < -0.3 is 14.5 Å². The molecule has 0 aliphatic heterocycles. The molecule has 1 N–H and O–H groups in total. The molecule has 3 heteroatoms. The van der Waals surface area contributed by atoms with E-state index < -0.39 is 0 Å². The monoisotopic (exact) mass is 269 g/mol. The van der Waals surface area contributed by atoms with Crippen molar-refractivity contribution in [3.63, 3.8) is 0 Å². The number of ether oxygens (including phenoxy) is 1. The molecule has 3 nitrogen and oxygen atoms in total. The lowest BCUT2D eigenvalue weighted by Gasteiger charge is -2.06. The Balaban J connectivity index is 1.77. The molecular formula is C17H19NO2. The van der Waals surface area contributed by atoms with Gasteiger partial charge >= 0.3 is 0 Å². The van der Waals surface area contributed by atoms with Crippen LogP contribution in [0.2, 0.25) is 0 Å². The fourth-order valence-corrected chi connectivity index (χ4v) is 2.34. The summed E-state index contributed by atoms with van der Waals surface area (Å²) in [6, 6.07) is 14.1. The average Bonchev–Trinajstić information content (AvgIpc) is 2.85. The maximum atomic E-state index is 5.80. The van der Waals surface area contributed by atoms with E-state index in [4.69, 9.17) is 9.15 Å². The van der Waals surface area contributed by atoms with E-state index in [-0.39, 0.29) is 0 Å². The van der Waals surface area contributed by atoms with E-state index >= 15 is 0 Å². The minimum Gasteiger partial charge on any atom is -0.492 e. The van der Waals surface area contributed by atoms with E-state index in [0.717, 1.165) is 47.2 Å². The Morgan fingerprint density at radius 3 is 2.75 bits per heavy atom. The molecule has 0 atom stereocenters. The maximum Gasteiger partial charge on any atom is 0.135 e. The van der Waals surface area contributed by atoms with Crippen LogP contribution in [-0.4, -0.2) is 19.7 Å². The molecule has 0 unspecified atom stereocenters. The third-order valence-corrected chi connectivity index (χ3v) is 3.32. The molecule has 1 heterocycles. The Kier molecular flexibility index (Phi) is 3.88. The van der Waals surface area contributed by atoms with Gasteiger partial charge in [0.05, 0.1) is 0 Å². The van der Waals surface area contributed by atoms with Gasteiger partial charge in [0.15, 0.2) is 0 Å². The molecule has 3 rings (SSSR count). The Labute approximate surface area is 118 Å². The summed E-state index contributed by atoms with van der Waals surface area (Å²) >= 11 is 0. The number of nitrogens with one attached hydrogen (secondary N) is 1. The van der Waals surface area contributed by atoms with Crippen molar-refractivity contribution in [2.45, 2.75) is 13.3 Å². The van der Waals surface area contributed by atoms with Crippen molar-refractivity contribution in [2.75, 3.05) is 19.7 Å². The number of para-hydroxylation sites is 1. The van der Waals surface area contributed by atoms with Crippen LogP contribution in [0, 0.1) is 0 Å². The predicted octanol–water partition coefficient (Wildman–Crippen LogP) is 3.96. The smallest absolute Gasteiger partial charge is 0.135 e. The second kappa shape index (κ2) is 5.97. The van der Waals surface area contributed by atoms with Crippen molar-refractivity contribution in [1.82, 2.24) is 5.32 Å². The van der Waals surface area contributed by atoms with Crippen LogP contribution in [0.25, 0.3) is 21.9 Å². The first-order chi connectivity index (χ1) is 9.88. The Hall–Kier alpha value is -2.00. The molecule has 3 aromatic rings. The van der Waals surface area contributed by atoms with Crippen molar-refractivity contribution in [1.29, 1.82) is 0 Å². The normalized spacial score (nSPS) is 11.2. The Bertz CT molecular complexity index is 702. The van der Waals surface area contributed by atoms with Crippen LogP contribution in [0.4, 0.5) is 0 Å². The summed E-state index contributed by atoms with van der Waals surface area (Å²) in [4.78, 5) is 0. The van der Waals surface area contributed by atoms with Gasteiger partial charge in [-0.25, -0.2) is 0 Å².